The first-order valence-electron chi connectivity index (χ1n) is 6.39. The fraction of sp³-hybridized carbons (Fsp3) is 0.909. The average molecular weight is 313 g/mol. The van der Waals surface area contributed by atoms with Gasteiger partial charge in [0.1, 0.15) is 0 Å². The normalized spacial score (nSPS) is 18.3. The van der Waals surface area contributed by atoms with Gasteiger partial charge in [0.25, 0.3) is 0 Å². The molecule has 1 unspecified atom stereocenters. The largest absolute Gasteiger partial charge is 0.378 e. The molecule has 1 aliphatic heterocycles. The van der Waals surface area contributed by atoms with Gasteiger partial charge < -0.3 is 9.64 Å². The Hall–Kier alpha value is -0.370. The number of amides is 1. The number of carbonyl (C=O) groups excluding carboxylic acids is 1. The zero-order chi connectivity index (χ0) is 14.3. The van der Waals surface area contributed by atoms with Crippen molar-refractivity contribution >= 4 is 27.5 Å². The third-order valence-electron chi connectivity index (χ3n) is 2.85. The van der Waals surface area contributed by atoms with Crippen LogP contribution in [0.3, 0.4) is 0 Å². The molecule has 1 rings (SSSR count). The Kier molecular flexibility index (Phi) is 7.06. The van der Waals surface area contributed by atoms with E-state index in [0.29, 0.717) is 45.0 Å². The number of carbonyl (C=O) groups is 1. The summed E-state index contributed by atoms with van der Waals surface area (Å²) in [7, 11) is -3.42. The maximum atomic E-state index is 12.0. The average Bonchev–Trinajstić information content (AvgIpc) is 2.38. The summed E-state index contributed by atoms with van der Waals surface area (Å²) < 4.78 is 31.1. The zero-order valence-electron chi connectivity index (χ0n) is 11.1. The SMILES string of the molecule is CC(NS(=O)(=O)CCCCCl)C(=O)N1CCOCC1. The van der Waals surface area contributed by atoms with E-state index in [1.165, 1.54) is 0 Å². The summed E-state index contributed by atoms with van der Waals surface area (Å²) in [4.78, 5) is 13.6. The van der Waals surface area contributed by atoms with Crippen LogP contribution in [0.5, 0.6) is 0 Å². The van der Waals surface area contributed by atoms with Crippen molar-refractivity contribution in [1.82, 2.24) is 9.62 Å². The third-order valence-corrected chi connectivity index (χ3v) is 4.65. The van der Waals surface area contributed by atoms with Crippen molar-refractivity contribution in [2.45, 2.75) is 25.8 Å². The molecule has 0 spiro atoms. The quantitative estimate of drug-likeness (QED) is 0.537. The Morgan fingerprint density at radius 3 is 2.58 bits per heavy atom. The van der Waals surface area contributed by atoms with Gasteiger partial charge in [-0.15, -0.1) is 11.6 Å². The lowest BCUT2D eigenvalue weighted by Gasteiger charge is -2.29. The molecule has 1 atom stereocenters. The standard InChI is InChI=1S/C11H21ClN2O4S/c1-10(11(15)14-5-7-18-8-6-14)13-19(16,17)9-3-2-4-12/h10,13H,2-9H2,1H3. The van der Waals surface area contributed by atoms with Crippen LogP contribution in [0, 0.1) is 0 Å². The van der Waals surface area contributed by atoms with E-state index >= 15 is 0 Å². The Balaban J connectivity index is 2.43. The summed E-state index contributed by atoms with van der Waals surface area (Å²) >= 11 is 5.50. The molecule has 0 saturated carbocycles. The van der Waals surface area contributed by atoms with Crippen molar-refractivity contribution in [1.29, 1.82) is 0 Å². The monoisotopic (exact) mass is 312 g/mol. The minimum atomic E-state index is -3.42. The van der Waals surface area contributed by atoms with E-state index in [1.807, 2.05) is 0 Å². The molecule has 0 aromatic heterocycles. The van der Waals surface area contributed by atoms with Crippen LogP contribution in [0.4, 0.5) is 0 Å². The molecule has 6 nitrogen and oxygen atoms in total. The van der Waals surface area contributed by atoms with Gasteiger partial charge in [0.15, 0.2) is 0 Å². The Labute approximate surface area is 119 Å². The van der Waals surface area contributed by atoms with Crippen LogP contribution in [0.25, 0.3) is 0 Å². The summed E-state index contributed by atoms with van der Waals surface area (Å²) in [5.74, 6) is 0.238. The minimum absolute atomic E-state index is 0.000448. The molecule has 1 amide bonds. The Bertz CT molecular complexity index is 382. The Morgan fingerprint density at radius 2 is 2.00 bits per heavy atom. The number of halogens is 1. The number of nitrogens with one attached hydrogen (secondary N) is 1. The molecule has 8 heteroatoms. The first kappa shape index (κ1) is 16.7. The van der Waals surface area contributed by atoms with Crippen molar-refractivity contribution in [2.75, 3.05) is 37.9 Å². The minimum Gasteiger partial charge on any atom is -0.378 e. The predicted molar refractivity (Wildman–Crippen MR) is 73.7 cm³/mol. The second-order valence-corrected chi connectivity index (χ2v) is 6.74. The molecule has 1 fully saturated rings. The number of unbranched alkanes of at least 4 members (excludes halogenated alkanes) is 1. The van der Waals surface area contributed by atoms with E-state index in [1.54, 1.807) is 11.8 Å². The van der Waals surface area contributed by atoms with Gasteiger partial charge in [0.05, 0.1) is 25.0 Å². The number of hydrogen-bond donors (Lipinski definition) is 1. The molecule has 0 aliphatic carbocycles. The van der Waals surface area contributed by atoms with Gasteiger partial charge in [-0.05, 0) is 19.8 Å². The lowest BCUT2D eigenvalue weighted by Crippen LogP contribution is -2.50. The van der Waals surface area contributed by atoms with Gasteiger partial charge in [-0.2, -0.15) is 0 Å². The number of alkyl halides is 1. The smallest absolute Gasteiger partial charge is 0.240 e. The van der Waals surface area contributed by atoms with Crippen LogP contribution >= 0.6 is 11.6 Å². The first-order valence-corrected chi connectivity index (χ1v) is 8.57. The summed E-state index contributed by atoms with van der Waals surface area (Å²) in [5, 5.41) is 0. The third kappa shape index (κ3) is 6.07. The number of sulfonamides is 1. The Morgan fingerprint density at radius 1 is 1.37 bits per heavy atom. The molecule has 0 bridgehead atoms. The van der Waals surface area contributed by atoms with E-state index in [2.05, 4.69) is 4.72 Å². The van der Waals surface area contributed by atoms with E-state index < -0.39 is 16.1 Å². The van der Waals surface area contributed by atoms with Crippen LogP contribution in [0.15, 0.2) is 0 Å². The summed E-state index contributed by atoms with van der Waals surface area (Å²) in [6, 6.07) is -0.737. The number of rotatable bonds is 7. The summed E-state index contributed by atoms with van der Waals surface area (Å²) in [6.07, 6.45) is 1.14. The zero-order valence-corrected chi connectivity index (χ0v) is 12.7. The number of ether oxygens (including phenoxy) is 1. The highest BCUT2D eigenvalue weighted by Crippen LogP contribution is 2.03. The molecule has 0 radical (unpaired) electrons. The van der Waals surface area contributed by atoms with Crippen molar-refractivity contribution in [3.63, 3.8) is 0 Å². The second-order valence-electron chi connectivity index (χ2n) is 4.49. The topological polar surface area (TPSA) is 75.7 Å². The van der Waals surface area contributed by atoms with Crippen molar-refractivity contribution in [3.8, 4) is 0 Å². The highest BCUT2D eigenvalue weighted by Gasteiger charge is 2.25. The predicted octanol–water partition coefficient (Wildman–Crippen LogP) is 0.172. The molecule has 1 N–H and O–H groups in total. The van der Waals surface area contributed by atoms with Crippen molar-refractivity contribution < 1.29 is 17.9 Å². The summed E-state index contributed by atoms with van der Waals surface area (Å²) in [6.45, 7) is 3.59. The van der Waals surface area contributed by atoms with Gasteiger partial charge in [0.2, 0.25) is 15.9 Å². The first-order chi connectivity index (χ1) is 8.96. The van der Waals surface area contributed by atoms with E-state index in [4.69, 9.17) is 16.3 Å². The molecule has 0 aromatic carbocycles. The number of nitrogens with zero attached hydrogens (tertiary/aromatic N) is 1. The maximum Gasteiger partial charge on any atom is 0.240 e. The van der Waals surface area contributed by atoms with Crippen LogP contribution in [0.2, 0.25) is 0 Å². The molecular weight excluding hydrogens is 292 g/mol. The maximum absolute atomic E-state index is 12.0. The van der Waals surface area contributed by atoms with Crippen LogP contribution in [-0.2, 0) is 19.6 Å². The fourth-order valence-corrected chi connectivity index (χ4v) is 3.35. The van der Waals surface area contributed by atoms with Gasteiger partial charge in [0, 0.05) is 19.0 Å². The summed E-state index contributed by atoms with van der Waals surface area (Å²) in [5.41, 5.74) is 0. The molecule has 0 aromatic rings. The lowest BCUT2D eigenvalue weighted by atomic mass is 10.3. The van der Waals surface area contributed by atoms with E-state index in [-0.39, 0.29) is 11.7 Å². The van der Waals surface area contributed by atoms with Crippen LogP contribution < -0.4 is 4.72 Å². The van der Waals surface area contributed by atoms with Gasteiger partial charge in [-0.1, -0.05) is 0 Å². The molecular formula is C11H21ClN2O4S. The van der Waals surface area contributed by atoms with E-state index in [0.717, 1.165) is 0 Å². The van der Waals surface area contributed by atoms with E-state index in [9.17, 15) is 13.2 Å². The van der Waals surface area contributed by atoms with Gasteiger partial charge >= 0.3 is 0 Å². The van der Waals surface area contributed by atoms with Gasteiger partial charge in [-0.25, -0.2) is 13.1 Å². The van der Waals surface area contributed by atoms with Crippen LogP contribution in [0.1, 0.15) is 19.8 Å². The van der Waals surface area contributed by atoms with Crippen molar-refractivity contribution in [3.05, 3.63) is 0 Å². The lowest BCUT2D eigenvalue weighted by molar-refractivity contribution is -0.136. The molecule has 112 valence electrons. The number of morpholine rings is 1. The number of hydrogen-bond acceptors (Lipinski definition) is 4. The van der Waals surface area contributed by atoms with Gasteiger partial charge in [-0.3, -0.25) is 4.79 Å². The molecule has 1 saturated heterocycles. The fourth-order valence-electron chi connectivity index (χ4n) is 1.82. The molecule has 1 aliphatic rings. The van der Waals surface area contributed by atoms with Crippen molar-refractivity contribution in [2.24, 2.45) is 0 Å². The second kappa shape index (κ2) is 8.04. The highest BCUT2D eigenvalue weighted by atomic mass is 35.5. The highest BCUT2D eigenvalue weighted by molar-refractivity contribution is 7.89. The molecule has 1 heterocycles. The molecule has 19 heavy (non-hydrogen) atoms. The van der Waals surface area contributed by atoms with Crippen LogP contribution in [-0.4, -0.2) is 63.2 Å².